The molecule has 2 aromatic carbocycles. The topological polar surface area (TPSA) is 34.4 Å². The maximum absolute atomic E-state index is 12.9. The summed E-state index contributed by atoms with van der Waals surface area (Å²) in [5.41, 5.74) is 2.75. The highest BCUT2D eigenvalue weighted by molar-refractivity contribution is 7.17. The molecule has 0 spiro atoms. The molecule has 0 amide bonds. The lowest BCUT2D eigenvalue weighted by atomic mass is 10.1. The molecule has 0 aliphatic heterocycles. The fraction of sp³-hybridized carbons (Fsp3) is 0. The second-order valence-corrected chi connectivity index (χ2v) is 6.19. The maximum atomic E-state index is 12.9. The van der Waals surface area contributed by atoms with Gasteiger partial charge in [-0.25, -0.2) is 4.98 Å². The van der Waals surface area contributed by atoms with Crippen LogP contribution in [0.15, 0.2) is 64.8 Å². The van der Waals surface area contributed by atoms with E-state index in [2.05, 4.69) is 6.07 Å². The summed E-state index contributed by atoms with van der Waals surface area (Å²) in [6.07, 6.45) is 0. The van der Waals surface area contributed by atoms with E-state index in [0.717, 1.165) is 32.1 Å². The molecule has 5 rings (SSSR count). The second kappa shape index (κ2) is 4.15. The Kier molecular flexibility index (Phi) is 2.24. The molecule has 0 unspecified atom stereocenters. The third kappa shape index (κ3) is 1.40. The molecule has 0 saturated heterocycles. The van der Waals surface area contributed by atoms with Gasteiger partial charge in [0.25, 0.3) is 5.56 Å². The van der Waals surface area contributed by atoms with Crippen molar-refractivity contribution in [3.05, 3.63) is 70.3 Å². The molecule has 0 aliphatic rings. The molecule has 0 saturated carbocycles. The first-order valence-corrected chi connectivity index (χ1v) is 7.92. The first kappa shape index (κ1) is 11.9. The van der Waals surface area contributed by atoms with Crippen LogP contribution in [0, 0.1) is 0 Å². The zero-order valence-electron chi connectivity index (χ0n) is 11.5. The number of nitrogens with zero attached hydrogens (tertiary/aromatic N) is 2. The van der Waals surface area contributed by atoms with Gasteiger partial charge in [0.05, 0.1) is 11.0 Å². The Morgan fingerprint density at radius 2 is 1.77 bits per heavy atom. The van der Waals surface area contributed by atoms with E-state index in [-0.39, 0.29) is 5.56 Å². The molecule has 3 aromatic heterocycles. The first-order chi connectivity index (χ1) is 10.8. The standard InChI is InChI=1S/C18H10N2OS/c21-18-16-13(9-10-22-16)12-7-4-8-14-15(12)20(18)17(19-14)11-5-2-1-3-6-11/h1-10H. The van der Waals surface area contributed by atoms with Crippen molar-refractivity contribution in [3.63, 3.8) is 0 Å². The SMILES string of the molecule is O=c1c2sccc2c2cccc3nc(-c4ccccc4)n1c32. The highest BCUT2D eigenvalue weighted by Crippen LogP contribution is 2.32. The summed E-state index contributed by atoms with van der Waals surface area (Å²) in [7, 11) is 0. The third-order valence-corrected chi connectivity index (χ3v) is 4.96. The van der Waals surface area contributed by atoms with E-state index in [1.165, 1.54) is 11.3 Å². The molecule has 0 aliphatic carbocycles. The summed E-state index contributed by atoms with van der Waals surface area (Å²) in [6, 6.07) is 17.9. The molecular weight excluding hydrogens is 292 g/mol. The van der Waals surface area contributed by atoms with E-state index in [9.17, 15) is 4.79 Å². The van der Waals surface area contributed by atoms with E-state index in [1.54, 1.807) is 4.40 Å². The number of pyridine rings is 1. The van der Waals surface area contributed by atoms with Crippen LogP contribution >= 0.6 is 11.3 Å². The number of aromatic nitrogens is 2. The molecule has 3 nitrogen and oxygen atoms in total. The molecule has 0 fully saturated rings. The van der Waals surface area contributed by atoms with Gasteiger partial charge >= 0.3 is 0 Å². The van der Waals surface area contributed by atoms with Crippen molar-refractivity contribution >= 4 is 37.8 Å². The fourth-order valence-electron chi connectivity index (χ4n) is 3.11. The van der Waals surface area contributed by atoms with Crippen molar-refractivity contribution in [1.29, 1.82) is 0 Å². The van der Waals surface area contributed by atoms with Crippen LogP contribution in [0.4, 0.5) is 0 Å². The van der Waals surface area contributed by atoms with Crippen LogP contribution in [0.3, 0.4) is 0 Å². The Labute approximate surface area is 129 Å². The van der Waals surface area contributed by atoms with Crippen molar-refractivity contribution < 1.29 is 0 Å². The Balaban J connectivity index is 2.11. The molecule has 104 valence electrons. The van der Waals surface area contributed by atoms with Gasteiger partial charge in [-0.3, -0.25) is 9.20 Å². The molecule has 3 heterocycles. The van der Waals surface area contributed by atoms with Gasteiger partial charge in [-0.1, -0.05) is 42.5 Å². The highest BCUT2D eigenvalue weighted by atomic mass is 32.1. The van der Waals surface area contributed by atoms with E-state index >= 15 is 0 Å². The molecule has 0 radical (unpaired) electrons. The third-order valence-electron chi connectivity index (χ3n) is 4.06. The van der Waals surface area contributed by atoms with Crippen LogP contribution in [0.25, 0.3) is 37.9 Å². The number of hydrogen-bond donors (Lipinski definition) is 0. The number of benzene rings is 2. The van der Waals surface area contributed by atoms with Gasteiger partial charge < -0.3 is 0 Å². The van der Waals surface area contributed by atoms with E-state index in [4.69, 9.17) is 4.98 Å². The molecule has 0 atom stereocenters. The second-order valence-electron chi connectivity index (χ2n) is 5.28. The lowest BCUT2D eigenvalue weighted by molar-refractivity contribution is 1.13. The molecular formula is C18H10N2OS. The summed E-state index contributed by atoms with van der Waals surface area (Å²) < 4.78 is 2.55. The lowest BCUT2D eigenvalue weighted by Crippen LogP contribution is -2.12. The summed E-state index contributed by atoms with van der Waals surface area (Å²) in [4.78, 5) is 17.7. The summed E-state index contributed by atoms with van der Waals surface area (Å²) in [5.74, 6) is 0.715. The van der Waals surface area contributed by atoms with Gasteiger partial charge in [0.1, 0.15) is 10.5 Å². The van der Waals surface area contributed by atoms with Gasteiger partial charge in [-0.2, -0.15) is 0 Å². The molecule has 4 heteroatoms. The lowest BCUT2D eigenvalue weighted by Gasteiger charge is -2.03. The number of thiophene rings is 1. The van der Waals surface area contributed by atoms with E-state index in [0.29, 0.717) is 5.82 Å². The number of fused-ring (bicyclic) bond motifs is 2. The van der Waals surface area contributed by atoms with Gasteiger partial charge in [0.15, 0.2) is 0 Å². The quantitative estimate of drug-likeness (QED) is 0.466. The Hall–Kier alpha value is -2.72. The predicted octanol–water partition coefficient (Wildman–Crippen LogP) is 4.17. The van der Waals surface area contributed by atoms with Gasteiger partial charge in [-0.05, 0) is 17.5 Å². The van der Waals surface area contributed by atoms with Crippen LogP contribution in [-0.2, 0) is 0 Å². The Morgan fingerprint density at radius 3 is 2.64 bits per heavy atom. The molecule has 22 heavy (non-hydrogen) atoms. The number of hydrogen-bond acceptors (Lipinski definition) is 3. The van der Waals surface area contributed by atoms with Crippen molar-refractivity contribution in [2.75, 3.05) is 0 Å². The minimum Gasteiger partial charge on any atom is -0.267 e. The van der Waals surface area contributed by atoms with Gasteiger partial charge in [-0.15, -0.1) is 11.3 Å². The largest absolute Gasteiger partial charge is 0.274 e. The van der Waals surface area contributed by atoms with Crippen LogP contribution in [0.5, 0.6) is 0 Å². The predicted molar refractivity (Wildman–Crippen MR) is 91.0 cm³/mol. The number of rotatable bonds is 1. The maximum Gasteiger partial charge on any atom is 0.274 e. The van der Waals surface area contributed by atoms with Gasteiger partial charge in [0.2, 0.25) is 0 Å². The Morgan fingerprint density at radius 1 is 0.909 bits per heavy atom. The van der Waals surface area contributed by atoms with Crippen LogP contribution < -0.4 is 5.56 Å². The van der Waals surface area contributed by atoms with Crippen molar-refractivity contribution in [1.82, 2.24) is 9.38 Å². The molecule has 5 aromatic rings. The number of imidazole rings is 1. The van der Waals surface area contributed by atoms with Crippen LogP contribution in [0.2, 0.25) is 0 Å². The summed E-state index contributed by atoms with van der Waals surface area (Å²) >= 11 is 1.49. The Bertz CT molecular complexity index is 1190. The average Bonchev–Trinajstić information content (AvgIpc) is 3.19. The molecule has 0 bridgehead atoms. The monoisotopic (exact) mass is 302 g/mol. The van der Waals surface area contributed by atoms with Gasteiger partial charge in [0, 0.05) is 16.3 Å². The average molecular weight is 302 g/mol. The highest BCUT2D eigenvalue weighted by Gasteiger charge is 2.18. The van der Waals surface area contributed by atoms with E-state index < -0.39 is 0 Å². The normalized spacial score (nSPS) is 11.8. The van der Waals surface area contributed by atoms with E-state index in [1.807, 2.05) is 53.9 Å². The zero-order valence-corrected chi connectivity index (χ0v) is 12.3. The van der Waals surface area contributed by atoms with Crippen LogP contribution in [0.1, 0.15) is 0 Å². The summed E-state index contributed by atoms with van der Waals surface area (Å²) in [5, 5.41) is 4.08. The first-order valence-electron chi connectivity index (χ1n) is 7.04. The minimum atomic E-state index is 0.0186. The summed E-state index contributed by atoms with van der Waals surface area (Å²) in [6.45, 7) is 0. The van der Waals surface area contributed by atoms with Crippen molar-refractivity contribution in [3.8, 4) is 11.4 Å². The zero-order chi connectivity index (χ0) is 14.7. The molecule has 0 N–H and O–H groups in total. The fourth-order valence-corrected chi connectivity index (χ4v) is 3.95. The number of para-hydroxylation sites is 1. The smallest absolute Gasteiger partial charge is 0.267 e. The van der Waals surface area contributed by atoms with Crippen LogP contribution in [-0.4, -0.2) is 9.38 Å². The van der Waals surface area contributed by atoms with Crippen molar-refractivity contribution in [2.24, 2.45) is 0 Å². The minimum absolute atomic E-state index is 0.0186. The van der Waals surface area contributed by atoms with Crippen molar-refractivity contribution in [2.45, 2.75) is 0 Å².